The fourth-order valence-electron chi connectivity index (χ4n) is 2.80. The van der Waals surface area contributed by atoms with Crippen LogP contribution in [0.2, 0.25) is 0 Å². The molecule has 0 aliphatic heterocycles. The molecule has 0 heterocycles. The van der Waals surface area contributed by atoms with Crippen molar-refractivity contribution in [3.63, 3.8) is 0 Å². The molecule has 0 radical (unpaired) electrons. The molecule has 2 aromatic rings. The van der Waals surface area contributed by atoms with Gasteiger partial charge in [0.05, 0.1) is 5.92 Å². The van der Waals surface area contributed by atoms with Gasteiger partial charge in [-0.15, -0.1) is 0 Å². The topological polar surface area (TPSA) is 74.6 Å². The smallest absolute Gasteiger partial charge is 0.306 e. The predicted molar refractivity (Wildman–Crippen MR) is 92.7 cm³/mol. The van der Waals surface area contributed by atoms with Gasteiger partial charge in [-0.25, -0.2) is 0 Å². The van der Waals surface area contributed by atoms with E-state index >= 15 is 0 Å². The molecule has 126 valence electrons. The summed E-state index contributed by atoms with van der Waals surface area (Å²) in [7, 11) is 0. The molecule has 0 fully saturated rings. The van der Waals surface area contributed by atoms with Crippen molar-refractivity contribution >= 4 is 11.9 Å². The highest BCUT2D eigenvalue weighted by molar-refractivity contribution is 5.72. The van der Waals surface area contributed by atoms with Crippen molar-refractivity contribution in [1.82, 2.24) is 0 Å². The molecule has 4 nitrogen and oxygen atoms in total. The maximum atomic E-state index is 11.1. The second-order valence-corrected chi connectivity index (χ2v) is 6.09. The van der Waals surface area contributed by atoms with Crippen LogP contribution < -0.4 is 0 Å². The van der Waals surface area contributed by atoms with Gasteiger partial charge >= 0.3 is 11.9 Å². The first-order valence-corrected chi connectivity index (χ1v) is 8.06. The first-order valence-electron chi connectivity index (χ1n) is 8.06. The lowest BCUT2D eigenvalue weighted by Crippen LogP contribution is -2.23. The fourth-order valence-corrected chi connectivity index (χ4v) is 2.80. The van der Waals surface area contributed by atoms with E-state index in [2.05, 4.69) is 0 Å². The average Bonchev–Trinajstić information content (AvgIpc) is 2.59. The molecule has 0 spiro atoms. The Hall–Kier alpha value is -2.62. The Bertz CT molecular complexity index is 677. The van der Waals surface area contributed by atoms with E-state index in [1.807, 2.05) is 54.6 Å². The van der Waals surface area contributed by atoms with E-state index < -0.39 is 17.9 Å². The first kappa shape index (κ1) is 17.7. The second-order valence-electron chi connectivity index (χ2n) is 6.09. The van der Waals surface area contributed by atoms with Crippen LogP contribution in [0, 0.1) is 11.8 Å². The van der Waals surface area contributed by atoms with Gasteiger partial charge in [0.2, 0.25) is 0 Å². The SMILES string of the molecule is CC(C(=O)O)C(CCc1ccc(-c2ccccc2)cc1)CC(=O)O. The summed E-state index contributed by atoms with van der Waals surface area (Å²) in [6, 6.07) is 18.2. The number of carbonyl (C=O) groups is 2. The molecule has 2 N–H and O–H groups in total. The molecule has 0 saturated heterocycles. The highest BCUT2D eigenvalue weighted by atomic mass is 16.4. The molecule has 2 aromatic carbocycles. The zero-order chi connectivity index (χ0) is 17.5. The van der Waals surface area contributed by atoms with Crippen molar-refractivity contribution in [2.75, 3.05) is 0 Å². The van der Waals surface area contributed by atoms with Gasteiger partial charge in [0.15, 0.2) is 0 Å². The van der Waals surface area contributed by atoms with E-state index in [1.165, 1.54) is 0 Å². The van der Waals surface area contributed by atoms with Crippen LogP contribution >= 0.6 is 0 Å². The van der Waals surface area contributed by atoms with E-state index in [-0.39, 0.29) is 12.3 Å². The van der Waals surface area contributed by atoms with Crippen LogP contribution in [0.3, 0.4) is 0 Å². The summed E-state index contributed by atoms with van der Waals surface area (Å²) >= 11 is 0. The zero-order valence-electron chi connectivity index (χ0n) is 13.7. The Morgan fingerprint density at radius 3 is 2.04 bits per heavy atom. The summed E-state index contributed by atoms with van der Waals surface area (Å²) in [6.45, 7) is 1.58. The van der Waals surface area contributed by atoms with Crippen molar-refractivity contribution in [2.24, 2.45) is 11.8 Å². The molecular weight excluding hydrogens is 304 g/mol. The Kier molecular flexibility index (Phi) is 6.13. The van der Waals surface area contributed by atoms with E-state index in [0.29, 0.717) is 12.8 Å². The van der Waals surface area contributed by atoms with E-state index in [4.69, 9.17) is 10.2 Å². The summed E-state index contributed by atoms with van der Waals surface area (Å²) < 4.78 is 0. The van der Waals surface area contributed by atoms with Gasteiger partial charge in [-0.1, -0.05) is 61.5 Å². The number of aryl methyl sites for hydroxylation is 1. The van der Waals surface area contributed by atoms with Gasteiger partial charge in [-0.05, 0) is 35.4 Å². The third-order valence-corrected chi connectivity index (χ3v) is 4.40. The molecular formula is C20H22O4. The Morgan fingerprint density at radius 2 is 1.50 bits per heavy atom. The number of hydrogen-bond donors (Lipinski definition) is 2. The number of aliphatic carboxylic acids is 2. The van der Waals surface area contributed by atoms with Crippen LogP contribution in [0.25, 0.3) is 11.1 Å². The standard InChI is InChI=1S/C20H22O4/c1-14(20(23)24)18(13-19(21)22)12-9-15-7-10-17(11-8-15)16-5-3-2-4-6-16/h2-8,10-11,14,18H,9,12-13H2,1H3,(H,21,22)(H,23,24). The third-order valence-electron chi connectivity index (χ3n) is 4.40. The van der Waals surface area contributed by atoms with Crippen molar-refractivity contribution in [3.8, 4) is 11.1 Å². The van der Waals surface area contributed by atoms with Crippen molar-refractivity contribution in [3.05, 3.63) is 60.2 Å². The summed E-state index contributed by atoms with van der Waals surface area (Å²) in [5.41, 5.74) is 3.36. The van der Waals surface area contributed by atoms with Crippen LogP contribution in [0.5, 0.6) is 0 Å². The molecule has 0 saturated carbocycles. The lowest BCUT2D eigenvalue weighted by Gasteiger charge is -2.19. The van der Waals surface area contributed by atoms with Crippen molar-refractivity contribution < 1.29 is 19.8 Å². The quantitative estimate of drug-likeness (QED) is 0.766. The molecule has 2 rings (SSSR count). The van der Waals surface area contributed by atoms with E-state index in [1.54, 1.807) is 6.92 Å². The lowest BCUT2D eigenvalue weighted by molar-refractivity contribution is -0.145. The Balaban J connectivity index is 2.01. The summed E-state index contributed by atoms with van der Waals surface area (Å²) in [4.78, 5) is 22.1. The minimum absolute atomic E-state index is 0.116. The number of benzene rings is 2. The monoisotopic (exact) mass is 326 g/mol. The molecule has 24 heavy (non-hydrogen) atoms. The molecule has 2 unspecified atom stereocenters. The Labute approximate surface area is 141 Å². The van der Waals surface area contributed by atoms with Crippen molar-refractivity contribution in [2.45, 2.75) is 26.2 Å². The maximum Gasteiger partial charge on any atom is 0.306 e. The number of rotatable bonds is 8. The van der Waals surface area contributed by atoms with E-state index in [0.717, 1.165) is 16.7 Å². The van der Waals surface area contributed by atoms with Gasteiger partial charge in [-0.3, -0.25) is 9.59 Å². The van der Waals surface area contributed by atoms with Crippen LogP contribution in [0.4, 0.5) is 0 Å². The first-order chi connectivity index (χ1) is 11.5. The number of hydrogen-bond acceptors (Lipinski definition) is 2. The second kappa shape index (κ2) is 8.29. The molecule has 2 atom stereocenters. The molecule has 0 bridgehead atoms. The predicted octanol–water partition coefficient (Wildman–Crippen LogP) is 4.10. The highest BCUT2D eigenvalue weighted by Gasteiger charge is 2.25. The van der Waals surface area contributed by atoms with Gasteiger partial charge in [0.1, 0.15) is 0 Å². The van der Waals surface area contributed by atoms with Gasteiger partial charge in [0.25, 0.3) is 0 Å². The highest BCUT2D eigenvalue weighted by Crippen LogP contribution is 2.24. The van der Waals surface area contributed by atoms with Crippen LogP contribution in [-0.2, 0) is 16.0 Å². The maximum absolute atomic E-state index is 11.1. The summed E-state index contributed by atoms with van der Waals surface area (Å²) in [6.07, 6.45) is 1.10. The summed E-state index contributed by atoms with van der Waals surface area (Å²) in [5, 5.41) is 18.1. The molecule has 0 aromatic heterocycles. The van der Waals surface area contributed by atoms with Crippen LogP contribution in [0.15, 0.2) is 54.6 Å². The van der Waals surface area contributed by atoms with E-state index in [9.17, 15) is 9.59 Å². The van der Waals surface area contributed by atoms with Crippen LogP contribution in [0.1, 0.15) is 25.3 Å². The van der Waals surface area contributed by atoms with Crippen molar-refractivity contribution in [1.29, 1.82) is 0 Å². The summed E-state index contributed by atoms with van der Waals surface area (Å²) in [5.74, 6) is -2.92. The lowest BCUT2D eigenvalue weighted by atomic mass is 9.85. The van der Waals surface area contributed by atoms with Gasteiger partial charge < -0.3 is 10.2 Å². The minimum atomic E-state index is -0.951. The number of carboxylic acid groups (broad SMARTS) is 2. The third kappa shape index (κ3) is 4.95. The normalized spacial score (nSPS) is 13.2. The number of carboxylic acids is 2. The molecule has 4 heteroatoms. The minimum Gasteiger partial charge on any atom is -0.481 e. The van der Waals surface area contributed by atoms with Crippen LogP contribution in [-0.4, -0.2) is 22.2 Å². The molecule has 0 aliphatic carbocycles. The molecule has 0 aliphatic rings. The molecule has 0 amide bonds. The fraction of sp³-hybridized carbons (Fsp3) is 0.300. The zero-order valence-corrected chi connectivity index (χ0v) is 13.7. The largest absolute Gasteiger partial charge is 0.481 e. The average molecular weight is 326 g/mol. The van der Waals surface area contributed by atoms with Gasteiger partial charge in [-0.2, -0.15) is 0 Å². The Morgan fingerprint density at radius 1 is 0.917 bits per heavy atom. The van der Waals surface area contributed by atoms with Gasteiger partial charge in [0, 0.05) is 6.42 Å².